The summed E-state index contributed by atoms with van der Waals surface area (Å²) in [6, 6.07) is 0. The van der Waals surface area contributed by atoms with Crippen molar-refractivity contribution in [2.45, 2.75) is 77.0 Å². The molecule has 0 N–H and O–H groups in total. The molecule has 0 unspecified atom stereocenters. The van der Waals surface area contributed by atoms with Gasteiger partial charge in [0.2, 0.25) is 0 Å². The van der Waals surface area contributed by atoms with Crippen LogP contribution in [0.3, 0.4) is 0 Å². The Bertz CT molecular complexity index is 316. The maximum atomic E-state index is 11.9. The van der Waals surface area contributed by atoms with Gasteiger partial charge in [-0.3, -0.25) is 0 Å². The fourth-order valence-electron chi connectivity index (χ4n) is 2.38. The van der Waals surface area contributed by atoms with Crippen LogP contribution in [0.25, 0.3) is 0 Å². The maximum Gasteiger partial charge on any atom is 0.150 e. The van der Waals surface area contributed by atoms with Crippen LogP contribution >= 0.6 is 0 Å². The maximum absolute atomic E-state index is 11.9. The quantitative estimate of drug-likeness (QED) is 0.280. The molecule has 0 aromatic rings. The molecule has 0 heterocycles. The van der Waals surface area contributed by atoms with Gasteiger partial charge in [0.25, 0.3) is 0 Å². The molecular weight excluding hydrogens is 280 g/mol. The van der Waals surface area contributed by atoms with Gasteiger partial charge in [0.15, 0.2) is 0 Å². The molecule has 0 aromatic heterocycles. The van der Waals surface area contributed by atoms with Crippen LogP contribution in [0.2, 0.25) is 0 Å². The summed E-state index contributed by atoms with van der Waals surface area (Å²) in [4.78, 5) is 0. The molecule has 0 atom stereocenters. The minimum absolute atomic E-state index is 0.380. The molecule has 0 aliphatic carbocycles. The third-order valence-electron chi connectivity index (χ3n) is 3.73. The van der Waals surface area contributed by atoms with Gasteiger partial charge in [-0.2, -0.15) is 0 Å². The van der Waals surface area contributed by atoms with Gasteiger partial charge in [-0.05, 0) is 38.5 Å². The fraction of sp³-hybridized carbons (Fsp3) is 0.778. The molecule has 2 nitrogen and oxygen atoms in total. The van der Waals surface area contributed by atoms with E-state index in [1.54, 1.807) is 0 Å². The summed E-state index contributed by atoms with van der Waals surface area (Å²) in [5, 5.41) is 0. The molecule has 0 spiro atoms. The number of hydrogen-bond acceptors (Lipinski definition) is 2. The van der Waals surface area contributed by atoms with Crippen LogP contribution in [0.5, 0.6) is 0 Å². The molecular formula is C18H34O2S. The Balaban J connectivity index is 3.43. The molecule has 0 radical (unpaired) electrons. The zero-order valence-electron chi connectivity index (χ0n) is 13.7. The van der Waals surface area contributed by atoms with Gasteiger partial charge in [0, 0.05) is 0 Å². The fourth-order valence-corrected chi connectivity index (χ4v) is 3.88. The van der Waals surface area contributed by atoms with E-state index in [0.29, 0.717) is 11.5 Å². The summed E-state index contributed by atoms with van der Waals surface area (Å²) in [7, 11) is -2.81. The Morgan fingerprint density at radius 2 is 0.905 bits per heavy atom. The van der Waals surface area contributed by atoms with Crippen molar-refractivity contribution in [3.8, 4) is 0 Å². The second kappa shape index (κ2) is 14.4. The van der Waals surface area contributed by atoms with Gasteiger partial charge >= 0.3 is 0 Å². The molecule has 0 amide bonds. The van der Waals surface area contributed by atoms with E-state index < -0.39 is 9.84 Å². The lowest BCUT2D eigenvalue weighted by atomic mass is 10.1. The average molecular weight is 315 g/mol. The Morgan fingerprint density at radius 3 is 1.29 bits per heavy atom. The van der Waals surface area contributed by atoms with Crippen LogP contribution in [0.15, 0.2) is 25.3 Å². The molecule has 21 heavy (non-hydrogen) atoms. The second-order valence-electron chi connectivity index (χ2n) is 5.84. The lowest BCUT2D eigenvalue weighted by Crippen LogP contribution is -2.11. The molecule has 0 saturated heterocycles. The predicted octanol–water partition coefficient (Wildman–Crippen LogP) is 5.45. The lowest BCUT2D eigenvalue weighted by molar-refractivity contribution is 0.576. The molecule has 0 aliphatic rings. The highest BCUT2D eigenvalue weighted by Gasteiger charge is 2.09. The van der Waals surface area contributed by atoms with Crippen LogP contribution in [-0.4, -0.2) is 19.9 Å². The summed E-state index contributed by atoms with van der Waals surface area (Å²) in [6.07, 6.45) is 16.8. The van der Waals surface area contributed by atoms with E-state index in [1.165, 1.54) is 25.7 Å². The topological polar surface area (TPSA) is 34.1 Å². The van der Waals surface area contributed by atoms with Gasteiger partial charge in [-0.1, -0.05) is 50.7 Å². The van der Waals surface area contributed by atoms with Crippen molar-refractivity contribution in [1.82, 2.24) is 0 Å². The zero-order chi connectivity index (χ0) is 15.8. The van der Waals surface area contributed by atoms with Crippen LogP contribution in [-0.2, 0) is 9.84 Å². The second-order valence-corrected chi connectivity index (χ2v) is 8.15. The van der Waals surface area contributed by atoms with Crippen molar-refractivity contribution in [2.75, 3.05) is 11.5 Å². The van der Waals surface area contributed by atoms with Gasteiger partial charge < -0.3 is 0 Å². The zero-order valence-corrected chi connectivity index (χ0v) is 14.5. The predicted molar refractivity (Wildman–Crippen MR) is 94.5 cm³/mol. The highest BCUT2D eigenvalue weighted by Crippen LogP contribution is 2.10. The number of allylic oxidation sites excluding steroid dienone is 2. The van der Waals surface area contributed by atoms with E-state index in [9.17, 15) is 8.42 Å². The largest absolute Gasteiger partial charge is 0.229 e. The number of sulfone groups is 1. The molecule has 0 aromatic carbocycles. The van der Waals surface area contributed by atoms with Gasteiger partial charge in [0.1, 0.15) is 9.84 Å². The highest BCUT2D eigenvalue weighted by atomic mass is 32.2. The van der Waals surface area contributed by atoms with E-state index in [1.807, 2.05) is 12.2 Å². The van der Waals surface area contributed by atoms with E-state index >= 15 is 0 Å². The summed E-state index contributed by atoms with van der Waals surface area (Å²) < 4.78 is 23.7. The minimum Gasteiger partial charge on any atom is -0.229 e. The number of unbranched alkanes of at least 4 members (excludes halogenated alkanes) is 10. The van der Waals surface area contributed by atoms with E-state index in [0.717, 1.165) is 51.4 Å². The molecule has 0 rings (SSSR count). The van der Waals surface area contributed by atoms with Crippen LogP contribution < -0.4 is 0 Å². The molecule has 0 fully saturated rings. The Hall–Kier alpha value is -0.570. The molecule has 3 heteroatoms. The van der Waals surface area contributed by atoms with E-state index in [4.69, 9.17) is 0 Å². The first kappa shape index (κ1) is 20.4. The van der Waals surface area contributed by atoms with E-state index in [2.05, 4.69) is 13.2 Å². The monoisotopic (exact) mass is 314 g/mol. The Labute approximate surface area is 132 Å². The van der Waals surface area contributed by atoms with Crippen molar-refractivity contribution < 1.29 is 8.42 Å². The molecule has 0 saturated carbocycles. The summed E-state index contributed by atoms with van der Waals surface area (Å²) in [5.74, 6) is 0.760. The van der Waals surface area contributed by atoms with Crippen LogP contribution in [0.4, 0.5) is 0 Å². The number of hydrogen-bond donors (Lipinski definition) is 0. The van der Waals surface area contributed by atoms with Crippen LogP contribution in [0, 0.1) is 0 Å². The van der Waals surface area contributed by atoms with Gasteiger partial charge in [0.05, 0.1) is 11.5 Å². The third kappa shape index (κ3) is 15.6. The first-order valence-electron chi connectivity index (χ1n) is 8.54. The first-order valence-corrected chi connectivity index (χ1v) is 10.4. The standard InChI is InChI=1S/C18H34O2S/c1-3-5-7-9-11-13-15-17-21(19,20)18-16-14-12-10-8-6-4-2/h3-4H,1-2,5-18H2. The van der Waals surface area contributed by atoms with Gasteiger partial charge in [-0.25, -0.2) is 8.42 Å². The van der Waals surface area contributed by atoms with Crippen molar-refractivity contribution >= 4 is 9.84 Å². The van der Waals surface area contributed by atoms with Crippen molar-refractivity contribution in [3.05, 3.63) is 25.3 Å². The molecule has 0 bridgehead atoms. The van der Waals surface area contributed by atoms with Crippen molar-refractivity contribution in [1.29, 1.82) is 0 Å². The SMILES string of the molecule is C=CCCCCCCCS(=O)(=O)CCCCCCCC=C. The molecule has 124 valence electrons. The lowest BCUT2D eigenvalue weighted by Gasteiger charge is -2.05. The average Bonchev–Trinajstić information content (AvgIpc) is 2.45. The van der Waals surface area contributed by atoms with E-state index in [-0.39, 0.29) is 0 Å². The van der Waals surface area contributed by atoms with Gasteiger partial charge in [-0.15, -0.1) is 13.2 Å². The number of rotatable bonds is 16. The van der Waals surface area contributed by atoms with Crippen molar-refractivity contribution in [2.24, 2.45) is 0 Å². The summed E-state index contributed by atoms with van der Waals surface area (Å²) in [6.45, 7) is 7.40. The van der Waals surface area contributed by atoms with Crippen molar-refractivity contribution in [3.63, 3.8) is 0 Å². The highest BCUT2D eigenvalue weighted by molar-refractivity contribution is 7.91. The summed E-state index contributed by atoms with van der Waals surface area (Å²) >= 11 is 0. The normalized spacial score (nSPS) is 11.4. The third-order valence-corrected chi connectivity index (χ3v) is 5.55. The molecule has 0 aliphatic heterocycles. The smallest absolute Gasteiger partial charge is 0.150 e. The summed E-state index contributed by atoms with van der Waals surface area (Å²) in [5.41, 5.74) is 0. The van der Waals surface area contributed by atoms with Crippen LogP contribution in [0.1, 0.15) is 77.0 Å². The first-order chi connectivity index (χ1) is 10.1. The Morgan fingerprint density at radius 1 is 0.571 bits per heavy atom. The Kier molecular flexibility index (Phi) is 14.0. The minimum atomic E-state index is -2.81.